The minimum Gasteiger partial charge on any atom is -0.494 e. The van der Waals surface area contributed by atoms with E-state index in [0.29, 0.717) is 40.3 Å². The van der Waals surface area contributed by atoms with E-state index in [0.717, 1.165) is 28.1 Å². The van der Waals surface area contributed by atoms with Crippen LogP contribution in [0.2, 0.25) is 0 Å². The molecule has 1 atom stereocenters. The molecule has 1 amide bonds. The first kappa shape index (κ1) is 26.5. The summed E-state index contributed by atoms with van der Waals surface area (Å²) < 4.78 is 21.5. The molecule has 0 fully saturated rings. The van der Waals surface area contributed by atoms with Crippen molar-refractivity contribution in [1.82, 2.24) is 14.8 Å². The number of aryl methyl sites for hydroxylation is 2. The van der Waals surface area contributed by atoms with Gasteiger partial charge in [0, 0.05) is 17.1 Å². The van der Waals surface area contributed by atoms with Crippen molar-refractivity contribution < 1.29 is 13.9 Å². The molecule has 0 saturated heterocycles. The summed E-state index contributed by atoms with van der Waals surface area (Å²) in [5.74, 6) is 1.16. The van der Waals surface area contributed by atoms with E-state index in [4.69, 9.17) is 9.84 Å². The highest BCUT2D eigenvalue weighted by Gasteiger charge is 2.34. The number of benzene rings is 3. The van der Waals surface area contributed by atoms with Gasteiger partial charge in [0.1, 0.15) is 17.6 Å². The average Bonchev–Trinajstić information content (AvgIpc) is 3.32. The molecule has 0 spiro atoms. The molecule has 39 heavy (non-hydrogen) atoms. The number of carbonyl (C=O) groups excluding carboxylic acids is 1. The number of hydrogen-bond acceptors (Lipinski definition) is 6. The molecule has 1 aliphatic heterocycles. The van der Waals surface area contributed by atoms with Crippen LogP contribution in [0.1, 0.15) is 42.1 Å². The van der Waals surface area contributed by atoms with Crippen molar-refractivity contribution in [2.24, 2.45) is 0 Å². The second-order valence-corrected chi connectivity index (χ2v) is 10.3. The number of aromatic nitrogens is 3. The Morgan fingerprint density at radius 3 is 2.59 bits per heavy atom. The summed E-state index contributed by atoms with van der Waals surface area (Å²) in [4.78, 5) is 18.5. The zero-order valence-electron chi connectivity index (χ0n) is 22.3. The minimum atomic E-state index is -0.530. The number of carbonyl (C=O) groups is 1. The molecule has 0 radical (unpaired) electrons. The van der Waals surface area contributed by atoms with Crippen molar-refractivity contribution >= 4 is 29.3 Å². The van der Waals surface area contributed by atoms with Crippen LogP contribution in [-0.2, 0) is 10.5 Å². The fourth-order valence-electron chi connectivity index (χ4n) is 4.61. The normalized spacial score (nSPS) is 14.5. The summed E-state index contributed by atoms with van der Waals surface area (Å²) in [6.07, 6.45) is 0. The van der Waals surface area contributed by atoms with Crippen molar-refractivity contribution in [2.75, 3.05) is 17.2 Å². The number of rotatable bonds is 8. The van der Waals surface area contributed by atoms with E-state index in [-0.39, 0.29) is 11.7 Å². The number of nitrogens with zero attached hydrogens (tertiary/aromatic N) is 3. The molecule has 0 aliphatic carbocycles. The molecule has 0 saturated carbocycles. The van der Waals surface area contributed by atoms with Crippen molar-refractivity contribution in [3.63, 3.8) is 0 Å². The summed E-state index contributed by atoms with van der Waals surface area (Å²) >= 11 is 1.34. The molecule has 0 bridgehead atoms. The number of amides is 1. The van der Waals surface area contributed by atoms with E-state index in [1.54, 1.807) is 16.8 Å². The molecule has 1 unspecified atom stereocenters. The predicted molar refractivity (Wildman–Crippen MR) is 153 cm³/mol. The number of halogens is 1. The van der Waals surface area contributed by atoms with Crippen LogP contribution >= 0.6 is 11.8 Å². The lowest BCUT2D eigenvalue weighted by Crippen LogP contribution is -2.31. The average molecular weight is 544 g/mol. The SMILES string of the molecule is CCOc1ccc(C2C(C(=O)Nc3ccc(C)cc3C)=C(C)Nc3nc(SCc4ccccc4F)nn32)cc1. The molecule has 1 aliphatic rings. The Hall–Kier alpha value is -4.11. The maximum atomic E-state index is 14.2. The fourth-order valence-corrected chi connectivity index (χ4v) is 5.42. The third-order valence-electron chi connectivity index (χ3n) is 6.53. The second kappa shape index (κ2) is 11.3. The highest BCUT2D eigenvalue weighted by Crippen LogP contribution is 2.38. The Morgan fingerprint density at radius 1 is 1.10 bits per heavy atom. The van der Waals surface area contributed by atoms with Crippen LogP contribution < -0.4 is 15.4 Å². The molecule has 7 nitrogen and oxygen atoms in total. The lowest BCUT2D eigenvalue weighted by Gasteiger charge is -2.29. The largest absolute Gasteiger partial charge is 0.494 e. The van der Waals surface area contributed by atoms with E-state index >= 15 is 0 Å². The lowest BCUT2D eigenvalue weighted by molar-refractivity contribution is -0.113. The molecule has 1 aromatic heterocycles. The van der Waals surface area contributed by atoms with Crippen molar-refractivity contribution in [3.05, 3.63) is 106 Å². The van der Waals surface area contributed by atoms with E-state index in [9.17, 15) is 9.18 Å². The first-order valence-corrected chi connectivity index (χ1v) is 13.7. The molecule has 3 aromatic carbocycles. The minimum absolute atomic E-state index is 0.229. The van der Waals surface area contributed by atoms with Crippen LogP contribution in [0.25, 0.3) is 0 Å². The highest BCUT2D eigenvalue weighted by molar-refractivity contribution is 7.98. The van der Waals surface area contributed by atoms with Crippen molar-refractivity contribution in [1.29, 1.82) is 0 Å². The summed E-state index contributed by atoms with van der Waals surface area (Å²) in [7, 11) is 0. The lowest BCUT2D eigenvalue weighted by atomic mass is 9.94. The third kappa shape index (κ3) is 5.68. The Labute approximate surface area is 231 Å². The fraction of sp³-hybridized carbons (Fsp3) is 0.233. The molecule has 4 aromatic rings. The molecule has 9 heteroatoms. The van der Waals surface area contributed by atoms with Crippen LogP contribution in [0.4, 0.5) is 16.0 Å². The quantitative estimate of drug-likeness (QED) is 0.242. The zero-order valence-corrected chi connectivity index (χ0v) is 23.1. The van der Waals surface area contributed by atoms with Crippen LogP contribution in [0.3, 0.4) is 0 Å². The topological polar surface area (TPSA) is 81.1 Å². The van der Waals surface area contributed by atoms with Crippen LogP contribution in [-0.4, -0.2) is 27.3 Å². The van der Waals surface area contributed by atoms with Gasteiger partial charge in [0.25, 0.3) is 5.91 Å². The van der Waals surface area contributed by atoms with Gasteiger partial charge in [0.05, 0.1) is 12.2 Å². The van der Waals surface area contributed by atoms with Gasteiger partial charge >= 0.3 is 0 Å². The van der Waals surface area contributed by atoms with E-state index in [1.807, 2.05) is 76.2 Å². The number of ether oxygens (including phenoxy) is 1. The van der Waals surface area contributed by atoms with Gasteiger partial charge < -0.3 is 15.4 Å². The van der Waals surface area contributed by atoms with Gasteiger partial charge in [-0.3, -0.25) is 4.79 Å². The number of thioether (sulfide) groups is 1. The van der Waals surface area contributed by atoms with E-state index < -0.39 is 6.04 Å². The molecule has 2 N–H and O–H groups in total. The second-order valence-electron chi connectivity index (χ2n) is 9.38. The summed E-state index contributed by atoms with van der Waals surface area (Å²) in [5, 5.41) is 11.6. The maximum absolute atomic E-state index is 14.2. The number of allylic oxidation sites excluding steroid dienone is 1. The predicted octanol–water partition coefficient (Wildman–Crippen LogP) is 6.65. The molecule has 200 valence electrons. The van der Waals surface area contributed by atoms with E-state index in [2.05, 4.69) is 15.6 Å². The van der Waals surface area contributed by atoms with Crippen LogP contribution in [0.5, 0.6) is 5.75 Å². The van der Waals surface area contributed by atoms with Crippen molar-refractivity contribution in [2.45, 2.75) is 44.6 Å². The Balaban J connectivity index is 1.50. The monoisotopic (exact) mass is 543 g/mol. The Morgan fingerprint density at radius 2 is 1.87 bits per heavy atom. The molecular weight excluding hydrogens is 513 g/mol. The number of nitrogens with one attached hydrogen (secondary N) is 2. The standard InChI is InChI=1S/C30H30FN5O2S/c1-5-38-23-13-11-21(12-14-23)27-26(28(37)33-25-15-10-18(2)16-19(25)3)20(4)32-29-34-30(35-36(27)29)39-17-22-8-6-7-9-24(22)31/h6-16,27H,5,17H2,1-4H3,(H,33,37)(H,32,34,35). The third-order valence-corrected chi connectivity index (χ3v) is 7.42. The number of hydrogen-bond donors (Lipinski definition) is 2. The molecule has 5 rings (SSSR count). The number of fused-ring (bicyclic) bond motifs is 1. The van der Waals surface area contributed by atoms with Crippen LogP contribution in [0.15, 0.2) is 83.2 Å². The van der Waals surface area contributed by atoms with E-state index in [1.165, 1.54) is 17.8 Å². The summed E-state index contributed by atoms with van der Waals surface area (Å²) in [5.41, 5.74) is 5.51. The number of anilines is 2. The Kier molecular flexibility index (Phi) is 7.70. The smallest absolute Gasteiger partial charge is 0.255 e. The van der Waals surface area contributed by atoms with Gasteiger partial charge in [-0.05, 0) is 68.7 Å². The van der Waals surface area contributed by atoms with Gasteiger partial charge in [0.15, 0.2) is 0 Å². The van der Waals surface area contributed by atoms with Crippen molar-refractivity contribution in [3.8, 4) is 5.75 Å². The first-order chi connectivity index (χ1) is 18.8. The molecular formula is C30H30FN5O2S. The van der Waals surface area contributed by atoms with Gasteiger partial charge in [-0.25, -0.2) is 9.07 Å². The first-order valence-electron chi connectivity index (χ1n) is 12.8. The Bertz CT molecular complexity index is 1550. The van der Waals surface area contributed by atoms with Gasteiger partial charge in [-0.1, -0.05) is 59.8 Å². The zero-order chi connectivity index (χ0) is 27.5. The van der Waals surface area contributed by atoms with Crippen LogP contribution in [0, 0.1) is 19.7 Å². The van der Waals surface area contributed by atoms with Gasteiger partial charge in [-0.2, -0.15) is 4.98 Å². The summed E-state index contributed by atoms with van der Waals surface area (Å²) in [6.45, 7) is 8.35. The molecule has 2 heterocycles. The van der Waals surface area contributed by atoms with Gasteiger partial charge in [0.2, 0.25) is 11.1 Å². The summed E-state index contributed by atoms with van der Waals surface area (Å²) in [6, 6.07) is 19.7. The highest BCUT2D eigenvalue weighted by atomic mass is 32.2. The maximum Gasteiger partial charge on any atom is 0.255 e. The van der Waals surface area contributed by atoms with Gasteiger partial charge in [-0.15, -0.1) is 5.10 Å².